The predicted molar refractivity (Wildman–Crippen MR) is 69.5 cm³/mol. The normalized spacial score (nSPS) is 12.3. The van der Waals surface area contributed by atoms with E-state index in [0.717, 1.165) is 15.8 Å². The second-order valence-electron chi connectivity index (χ2n) is 2.85. The summed E-state index contributed by atoms with van der Waals surface area (Å²) in [7, 11) is -0.742. The van der Waals surface area contributed by atoms with Crippen molar-refractivity contribution in [1.29, 1.82) is 0 Å². The fraction of sp³-hybridized carbons (Fsp3) is 0.444. The van der Waals surface area contributed by atoms with Gasteiger partial charge in [-0.1, -0.05) is 24.0 Å². The molecule has 0 saturated heterocycles. The summed E-state index contributed by atoms with van der Waals surface area (Å²) in [6, 6.07) is 3.73. The van der Waals surface area contributed by atoms with E-state index in [1.54, 1.807) is 12.5 Å². The molecule has 3 nitrogen and oxygen atoms in total. The summed E-state index contributed by atoms with van der Waals surface area (Å²) in [6.07, 6.45) is 3.33. The Bertz CT molecular complexity index is 324. The molecule has 15 heavy (non-hydrogen) atoms. The summed E-state index contributed by atoms with van der Waals surface area (Å²) in [5, 5.41) is 3.06. The van der Waals surface area contributed by atoms with E-state index in [1.807, 2.05) is 12.1 Å². The summed E-state index contributed by atoms with van der Waals surface area (Å²) < 4.78 is 16.7. The van der Waals surface area contributed by atoms with Gasteiger partial charge in [-0.05, 0) is 12.1 Å². The molecule has 1 N–H and O–H groups in total. The zero-order chi connectivity index (χ0) is 11.1. The summed E-state index contributed by atoms with van der Waals surface area (Å²) in [5.41, 5.74) is 0. The zero-order valence-corrected chi connectivity index (χ0v) is 10.8. The Morgan fingerprint density at radius 1 is 1.73 bits per heavy atom. The maximum atomic E-state index is 10.8. The number of hydrogen-bond acceptors (Lipinski definition) is 4. The monoisotopic (exact) mass is 263 g/mol. The third-order valence-corrected chi connectivity index (χ3v) is 3.94. The van der Waals surface area contributed by atoms with Gasteiger partial charge in [0.15, 0.2) is 0 Å². The van der Waals surface area contributed by atoms with E-state index in [9.17, 15) is 4.21 Å². The van der Waals surface area contributed by atoms with Crippen molar-refractivity contribution in [2.45, 2.75) is 6.54 Å². The Kier molecular flexibility index (Phi) is 5.97. The third kappa shape index (κ3) is 5.96. The molecule has 0 saturated carbocycles. The van der Waals surface area contributed by atoms with Crippen molar-refractivity contribution in [3.8, 4) is 0 Å². The first-order valence-corrected chi connectivity index (χ1v) is 7.53. The number of hydrogen-bond donors (Lipinski definition) is 1. The highest BCUT2D eigenvalue weighted by atomic mass is 32.2. The van der Waals surface area contributed by atoms with Gasteiger partial charge in [-0.15, -0.1) is 0 Å². The third-order valence-electron chi connectivity index (χ3n) is 1.59. The molecule has 0 aliphatic heterocycles. The molecule has 1 rings (SSSR count). The molecular formula is C9H13NO2S3. The average molecular weight is 263 g/mol. The molecule has 0 aromatic carbocycles. The van der Waals surface area contributed by atoms with Gasteiger partial charge in [-0.2, -0.15) is 0 Å². The van der Waals surface area contributed by atoms with Gasteiger partial charge >= 0.3 is 0 Å². The fourth-order valence-corrected chi connectivity index (χ4v) is 2.83. The molecule has 1 heterocycles. The van der Waals surface area contributed by atoms with E-state index in [4.69, 9.17) is 16.6 Å². The quantitative estimate of drug-likeness (QED) is 0.820. The van der Waals surface area contributed by atoms with E-state index >= 15 is 0 Å². The lowest BCUT2D eigenvalue weighted by atomic mass is 10.4. The van der Waals surface area contributed by atoms with Gasteiger partial charge in [0.25, 0.3) is 0 Å². The van der Waals surface area contributed by atoms with Crippen molar-refractivity contribution in [2.75, 3.05) is 17.8 Å². The van der Waals surface area contributed by atoms with Crippen molar-refractivity contribution in [3.05, 3.63) is 24.2 Å². The zero-order valence-electron chi connectivity index (χ0n) is 8.39. The summed E-state index contributed by atoms with van der Waals surface area (Å²) in [5.74, 6) is 2.32. The molecule has 0 bridgehead atoms. The lowest BCUT2D eigenvalue weighted by Gasteiger charge is -2.04. The number of rotatable bonds is 5. The van der Waals surface area contributed by atoms with Gasteiger partial charge in [0, 0.05) is 28.6 Å². The van der Waals surface area contributed by atoms with Gasteiger partial charge in [-0.25, -0.2) is 0 Å². The fourth-order valence-electron chi connectivity index (χ4n) is 0.875. The second kappa shape index (κ2) is 7.03. The Morgan fingerprint density at radius 3 is 3.13 bits per heavy atom. The lowest BCUT2D eigenvalue weighted by Crippen LogP contribution is -2.18. The molecule has 0 radical (unpaired) electrons. The first-order valence-electron chi connectivity index (χ1n) is 4.41. The lowest BCUT2D eigenvalue weighted by molar-refractivity contribution is 0.504. The molecule has 1 aromatic rings. The Labute approximate surface area is 101 Å². The van der Waals surface area contributed by atoms with Crippen LogP contribution in [0, 0.1) is 0 Å². The average Bonchev–Trinajstić information content (AvgIpc) is 2.66. The minimum atomic E-state index is -0.742. The van der Waals surface area contributed by atoms with Crippen LogP contribution in [0.1, 0.15) is 5.76 Å². The van der Waals surface area contributed by atoms with Crippen LogP contribution in [-0.2, 0) is 17.3 Å². The molecule has 0 aliphatic rings. The topological polar surface area (TPSA) is 42.2 Å². The molecule has 6 heteroatoms. The van der Waals surface area contributed by atoms with Gasteiger partial charge < -0.3 is 9.73 Å². The molecule has 0 aliphatic carbocycles. The van der Waals surface area contributed by atoms with Crippen LogP contribution in [0.25, 0.3) is 0 Å². The SMILES string of the molecule is C[S@@](=O)CCSC(=S)NCc1ccco1. The largest absolute Gasteiger partial charge is 0.467 e. The standard InChI is InChI=1S/C9H13NO2S3/c1-15(11)6-5-14-9(13)10-7-8-3-2-4-12-8/h2-4H,5-7H2,1H3,(H,10,13)/t15-/m1/s1. The van der Waals surface area contributed by atoms with E-state index in [2.05, 4.69) is 5.32 Å². The molecule has 0 unspecified atom stereocenters. The van der Waals surface area contributed by atoms with E-state index in [1.165, 1.54) is 11.8 Å². The van der Waals surface area contributed by atoms with Crippen LogP contribution in [0.3, 0.4) is 0 Å². The Morgan fingerprint density at radius 2 is 2.53 bits per heavy atom. The first-order chi connectivity index (χ1) is 7.18. The molecule has 84 valence electrons. The summed E-state index contributed by atoms with van der Waals surface area (Å²) in [6.45, 7) is 0.605. The van der Waals surface area contributed by atoms with Crippen molar-refractivity contribution in [1.82, 2.24) is 5.32 Å². The predicted octanol–water partition coefficient (Wildman–Crippen LogP) is 1.77. The van der Waals surface area contributed by atoms with Crippen LogP contribution in [0.2, 0.25) is 0 Å². The number of thioether (sulfide) groups is 1. The summed E-state index contributed by atoms with van der Waals surface area (Å²) in [4.78, 5) is 0. The number of thiocarbonyl (C=S) groups is 1. The smallest absolute Gasteiger partial charge is 0.134 e. The van der Waals surface area contributed by atoms with Crippen LogP contribution in [0.5, 0.6) is 0 Å². The molecule has 0 spiro atoms. The van der Waals surface area contributed by atoms with Crippen molar-refractivity contribution >= 4 is 39.1 Å². The van der Waals surface area contributed by atoms with Crippen LogP contribution in [-0.4, -0.2) is 26.3 Å². The van der Waals surface area contributed by atoms with Crippen LogP contribution < -0.4 is 5.32 Å². The second-order valence-corrected chi connectivity index (χ2v) is 6.17. The highest BCUT2D eigenvalue weighted by Gasteiger charge is 2.00. The molecular weight excluding hydrogens is 250 g/mol. The van der Waals surface area contributed by atoms with Crippen LogP contribution >= 0.6 is 24.0 Å². The Balaban J connectivity index is 2.11. The van der Waals surface area contributed by atoms with Gasteiger partial charge in [0.05, 0.1) is 12.8 Å². The number of nitrogens with one attached hydrogen (secondary N) is 1. The van der Waals surface area contributed by atoms with Crippen molar-refractivity contribution in [2.24, 2.45) is 0 Å². The minimum Gasteiger partial charge on any atom is -0.467 e. The van der Waals surface area contributed by atoms with Gasteiger partial charge in [0.1, 0.15) is 10.1 Å². The van der Waals surface area contributed by atoms with Crippen LogP contribution in [0.15, 0.2) is 22.8 Å². The van der Waals surface area contributed by atoms with Crippen molar-refractivity contribution in [3.63, 3.8) is 0 Å². The first kappa shape index (κ1) is 12.7. The number of furan rings is 1. The minimum absolute atomic E-state index is 0.605. The van der Waals surface area contributed by atoms with E-state index in [-0.39, 0.29) is 0 Å². The molecule has 0 amide bonds. The molecule has 1 aromatic heterocycles. The molecule has 1 atom stereocenters. The Hall–Kier alpha value is -0.330. The maximum Gasteiger partial charge on any atom is 0.134 e. The van der Waals surface area contributed by atoms with Gasteiger partial charge in [0.2, 0.25) is 0 Å². The highest BCUT2D eigenvalue weighted by molar-refractivity contribution is 8.23. The van der Waals surface area contributed by atoms with Crippen LogP contribution in [0.4, 0.5) is 0 Å². The maximum absolute atomic E-state index is 10.8. The van der Waals surface area contributed by atoms with Gasteiger partial charge in [-0.3, -0.25) is 4.21 Å². The van der Waals surface area contributed by atoms with E-state index in [0.29, 0.717) is 12.3 Å². The molecule has 0 fully saturated rings. The van der Waals surface area contributed by atoms with E-state index < -0.39 is 10.8 Å². The highest BCUT2D eigenvalue weighted by Crippen LogP contribution is 2.04. The summed E-state index contributed by atoms with van der Waals surface area (Å²) >= 11 is 6.60. The van der Waals surface area contributed by atoms with Crippen molar-refractivity contribution < 1.29 is 8.63 Å².